The number of hydrogen-bond donors (Lipinski definition) is 0. The van der Waals surface area contributed by atoms with Crippen molar-refractivity contribution in [3.8, 4) is 0 Å². The average Bonchev–Trinajstić information content (AvgIpc) is 3.27. The highest BCUT2D eigenvalue weighted by molar-refractivity contribution is 6.31. The van der Waals surface area contributed by atoms with E-state index in [9.17, 15) is 4.79 Å². The van der Waals surface area contributed by atoms with E-state index in [0.29, 0.717) is 17.7 Å². The van der Waals surface area contributed by atoms with Gasteiger partial charge in [-0.05, 0) is 56.2 Å². The zero-order valence-corrected chi connectivity index (χ0v) is 18.7. The van der Waals surface area contributed by atoms with Crippen molar-refractivity contribution >= 4 is 39.4 Å². The van der Waals surface area contributed by atoms with E-state index in [1.807, 2.05) is 42.7 Å². The lowest BCUT2D eigenvalue weighted by Crippen LogP contribution is -2.57. The van der Waals surface area contributed by atoms with E-state index in [4.69, 9.17) is 20.4 Å². The summed E-state index contributed by atoms with van der Waals surface area (Å²) in [5, 5.41) is 1.82. The van der Waals surface area contributed by atoms with Gasteiger partial charge in [0, 0.05) is 49.2 Å². The van der Waals surface area contributed by atoms with Gasteiger partial charge in [0.25, 0.3) is 0 Å². The van der Waals surface area contributed by atoms with Crippen molar-refractivity contribution in [2.75, 3.05) is 24.5 Å². The van der Waals surface area contributed by atoms with Gasteiger partial charge in [0.05, 0.1) is 17.5 Å². The normalized spacial score (nSPS) is 20.2. The SMILES string of the molecule is C[C@@H]1CN(c2cccc3c2oc(=O)n3C)C[C@H](C)N1CCc1coc2ccc(Cl)cc12. The number of aromatic nitrogens is 1. The summed E-state index contributed by atoms with van der Waals surface area (Å²) in [5.74, 6) is -0.324. The first-order valence-corrected chi connectivity index (χ1v) is 11.0. The molecular formula is C24H26ClN3O3. The van der Waals surface area contributed by atoms with E-state index in [0.717, 1.165) is 53.3 Å². The molecule has 2 atom stereocenters. The number of hydrogen-bond acceptors (Lipinski definition) is 5. The first-order chi connectivity index (χ1) is 14.9. The number of halogens is 1. The highest BCUT2D eigenvalue weighted by Gasteiger charge is 2.31. The minimum atomic E-state index is -0.324. The van der Waals surface area contributed by atoms with Gasteiger partial charge in [0.1, 0.15) is 5.58 Å². The number of piperazine rings is 1. The molecular weight excluding hydrogens is 414 g/mol. The Hall–Kier alpha value is -2.70. The van der Waals surface area contributed by atoms with E-state index in [1.54, 1.807) is 11.6 Å². The molecule has 5 rings (SSSR count). The molecule has 6 nitrogen and oxygen atoms in total. The molecule has 0 amide bonds. The van der Waals surface area contributed by atoms with Crippen LogP contribution >= 0.6 is 11.6 Å². The van der Waals surface area contributed by atoms with Crippen LogP contribution in [0, 0.1) is 0 Å². The molecule has 0 radical (unpaired) electrons. The number of aryl methyl sites for hydroxylation is 1. The molecule has 2 aromatic carbocycles. The summed E-state index contributed by atoms with van der Waals surface area (Å²) in [6.45, 7) is 7.21. The van der Waals surface area contributed by atoms with Gasteiger partial charge in [0.2, 0.25) is 0 Å². The van der Waals surface area contributed by atoms with Crippen LogP contribution in [-0.2, 0) is 13.5 Å². The zero-order chi connectivity index (χ0) is 21.7. The Bertz CT molecular complexity index is 1290. The van der Waals surface area contributed by atoms with Crippen molar-refractivity contribution < 1.29 is 8.83 Å². The topological polar surface area (TPSA) is 54.8 Å². The summed E-state index contributed by atoms with van der Waals surface area (Å²) in [6.07, 6.45) is 2.76. The van der Waals surface area contributed by atoms with Gasteiger partial charge in [-0.15, -0.1) is 0 Å². The molecule has 4 aromatic rings. The molecule has 0 saturated carbocycles. The summed E-state index contributed by atoms with van der Waals surface area (Å²) < 4.78 is 12.8. The lowest BCUT2D eigenvalue weighted by molar-refractivity contribution is 0.133. The number of nitrogens with zero attached hydrogens (tertiary/aromatic N) is 3. The maximum absolute atomic E-state index is 12.0. The second-order valence-corrected chi connectivity index (χ2v) is 8.98. The fourth-order valence-corrected chi connectivity index (χ4v) is 5.05. The van der Waals surface area contributed by atoms with Crippen molar-refractivity contribution in [3.63, 3.8) is 0 Å². The molecule has 2 aromatic heterocycles. The van der Waals surface area contributed by atoms with Crippen LogP contribution in [0.2, 0.25) is 5.02 Å². The van der Waals surface area contributed by atoms with Crippen molar-refractivity contribution in [1.82, 2.24) is 9.47 Å². The molecule has 31 heavy (non-hydrogen) atoms. The molecule has 7 heteroatoms. The minimum Gasteiger partial charge on any atom is -0.464 e. The molecule has 0 spiro atoms. The van der Waals surface area contributed by atoms with Crippen molar-refractivity contribution in [1.29, 1.82) is 0 Å². The summed E-state index contributed by atoms with van der Waals surface area (Å²) >= 11 is 6.18. The Morgan fingerprint density at radius 2 is 1.90 bits per heavy atom. The second-order valence-electron chi connectivity index (χ2n) is 8.54. The maximum atomic E-state index is 12.0. The molecule has 1 fully saturated rings. The fraction of sp³-hybridized carbons (Fsp3) is 0.375. The predicted octanol–water partition coefficient (Wildman–Crippen LogP) is 4.67. The van der Waals surface area contributed by atoms with Crippen molar-refractivity contribution in [2.24, 2.45) is 7.05 Å². The molecule has 3 heterocycles. The van der Waals surface area contributed by atoms with E-state index in [-0.39, 0.29) is 5.76 Å². The minimum absolute atomic E-state index is 0.324. The predicted molar refractivity (Wildman–Crippen MR) is 124 cm³/mol. The van der Waals surface area contributed by atoms with E-state index in [1.165, 1.54) is 5.56 Å². The van der Waals surface area contributed by atoms with Crippen LogP contribution in [0.4, 0.5) is 5.69 Å². The Balaban J connectivity index is 1.34. The smallest absolute Gasteiger partial charge is 0.419 e. The number of para-hydroxylation sites is 1. The van der Waals surface area contributed by atoms with Gasteiger partial charge in [-0.25, -0.2) is 4.79 Å². The van der Waals surface area contributed by atoms with E-state index < -0.39 is 0 Å². The lowest BCUT2D eigenvalue weighted by Gasteiger charge is -2.45. The summed E-state index contributed by atoms with van der Waals surface area (Å²) in [5.41, 5.74) is 4.56. The first kappa shape index (κ1) is 20.2. The standard InChI is InChI=1S/C24H26ClN3O3/c1-15-12-27(21-6-4-5-20-23(21)31-24(29)26(20)3)13-16(2)28(15)10-9-17-14-30-22-8-7-18(25)11-19(17)22/h4-8,11,14-16H,9-10,12-13H2,1-3H3/t15-,16+. The zero-order valence-electron chi connectivity index (χ0n) is 18.0. The molecule has 0 unspecified atom stereocenters. The number of furan rings is 1. The van der Waals surface area contributed by atoms with Gasteiger partial charge < -0.3 is 13.7 Å². The van der Waals surface area contributed by atoms with Gasteiger partial charge in [-0.1, -0.05) is 17.7 Å². The Morgan fingerprint density at radius 3 is 2.68 bits per heavy atom. The van der Waals surface area contributed by atoms with Crippen LogP contribution in [0.5, 0.6) is 0 Å². The third-order valence-corrected chi connectivity index (χ3v) is 6.73. The Labute approximate surface area is 185 Å². The lowest BCUT2D eigenvalue weighted by atomic mass is 10.0. The summed E-state index contributed by atoms with van der Waals surface area (Å²) in [6, 6.07) is 12.4. The van der Waals surface area contributed by atoms with E-state index >= 15 is 0 Å². The molecule has 1 aliphatic rings. The van der Waals surface area contributed by atoms with Crippen LogP contribution in [0.1, 0.15) is 19.4 Å². The molecule has 0 aliphatic carbocycles. The Morgan fingerprint density at radius 1 is 1.13 bits per heavy atom. The van der Waals surface area contributed by atoms with Crippen molar-refractivity contribution in [2.45, 2.75) is 32.4 Å². The monoisotopic (exact) mass is 439 g/mol. The molecule has 0 N–H and O–H groups in total. The number of fused-ring (bicyclic) bond motifs is 2. The quantitative estimate of drug-likeness (QED) is 0.462. The fourth-order valence-electron chi connectivity index (χ4n) is 4.88. The molecule has 1 saturated heterocycles. The van der Waals surface area contributed by atoms with Crippen LogP contribution < -0.4 is 10.7 Å². The molecule has 1 aliphatic heterocycles. The Kier molecular flexibility index (Phi) is 5.07. The van der Waals surface area contributed by atoms with Gasteiger partial charge in [-0.2, -0.15) is 0 Å². The van der Waals surface area contributed by atoms with Gasteiger partial charge >= 0.3 is 5.76 Å². The van der Waals surface area contributed by atoms with Gasteiger partial charge in [-0.3, -0.25) is 9.47 Å². The number of anilines is 1. The van der Waals surface area contributed by atoms with Crippen molar-refractivity contribution in [3.05, 3.63) is 63.8 Å². The molecule has 162 valence electrons. The summed E-state index contributed by atoms with van der Waals surface area (Å²) in [4.78, 5) is 16.9. The van der Waals surface area contributed by atoms with Crippen LogP contribution in [0.3, 0.4) is 0 Å². The van der Waals surface area contributed by atoms with Crippen LogP contribution in [-0.4, -0.2) is 41.2 Å². The third kappa shape index (κ3) is 3.54. The maximum Gasteiger partial charge on any atom is 0.419 e. The molecule has 0 bridgehead atoms. The number of rotatable bonds is 4. The van der Waals surface area contributed by atoms with Crippen LogP contribution in [0.15, 0.2) is 56.3 Å². The average molecular weight is 440 g/mol. The van der Waals surface area contributed by atoms with Gasteiger partial charge in [0.15, 0.2) is 5.58 Å². The first-order valence-electron chi connectivity index (χ1n) is 10.7. The largest absolute Gasteiger partial charge is 0.464 e. The van der Waals surface area contributed by atoms with E-state index in [2.05, 4.69) is 23.6 Å². The van der Waals surface area contributed by atoms with Crippen LogP contribution in [0.25, 0.3) is 22.1 Å². The highest BCUT2D eigenvalue weighted by atomic mass is 35.5. The number of benzene rings is 2. The highest BCUT2D eigenvalue weighted by Crippen LogP contribution is 2.30. The second kappa shape index (κ2) is 7.77. The summed E-state index contributed by atoms with van der Waals surface area (Å²) in [7, 11) is 1.74. The third-order valence-electron chi connectivity index (χ3n) is 6.50. The number of oxazole rings is 1.